The molecule has 2 nitrogen and oxygen atoms in total. The van der Waals surface area contributed by atoms with Gasteiger partial charge in [0.25, 0.3) is 0 Å². The van der Waals surface area contributed by atoms with Gasteiger partial charge in [-0.25, -0.2) is 0 Å². The van der Waals surface area contributed by atoms with Crippen LogP contribution in [0.25, 0.3) is 0 Å². The maximum absolute atomic E-state index is 11.6. The van der Waals surface area contributed by atoms with Crippen molar-refractivity contribution in [3.05, 3.63) is 12.2 Å². The molecule has 0 aromatic rings. The second-order valence-corrected chi connectivity index (χ2v) is 3.38. The van der Waals surface area contributed by atoms with Crippen LogP contribution in [0.3, 0.4) is 0 Å². The zero-order chi connectivity index (χ0) is 11.2. The molecule has 0 amide bonds. The smallest absolute Gasteiger partial charge is 0.372 e. The van der Waals surface area contributed by atoms with Gasteiger partial charge in [0.15, 0.2) is 0 Å². The van der Waals surface area contributed by atoms with Gasteiger partial charge in [-0.1, -0.05) is 5.57 Å². The number of hydrogen-bond acceptors (Lipinski definition) is 2. The van der Waals surface area contributed by atoms with Crippen LogP contribution in [0, 0.1) is 0 Å². The average Bonchev–Trinajstić information content (AvgIpc) is 1.95. The third-order valence-corrected chi connectivity index (χ3v) is 1.51. The largest absolute Gasteiger partial charge is 0.411 e. The van der Waals surface area contributed by atoms with Crippen LogP contribution in [0.2, 0.25) is 0 Å². The number of rotatable bonds is 6. The molecule has 0 aromatic heterocycles. The molecular formula is C9H16F3NO. The van der Waals surface area contributed by atoms with Crippen molar-refractivity contribution in [2.75, 3.05) is 13.2 Å². The van der Waals surface area contributed by atoms with Gasteiger partial charge in [-0.05, 0) is 19.8 Å². The predicted molar refractivity (Wildman–Crippen MR) is 48.9 cm³/mol. The zero-order valence-corrected chi connectivity index (χ0v) is 8.23. The fourth-order valence-electron chi connectivity index (χ4n) is 0.972. The van der Waals surface area contributed by atoms with E-state index in [4.69, 9.17) is 5.73 Å². The number of hydrogen-bond donors (Lipinski definition) is 1. The van der Waals surface area contributed by atoms with Crippen LogP contribution < -0.4 is 5.73 Å². The Labute approximate surface area is 81.9 Å². The first-order valence-corrected chi connectivity index (χ1v) is 4.35. The van der Waals surface area contributed by atoms with Gasteiger partial charge < -0.3 is 10.5 Å². The van der Waals surface area contributed by atoms with E-state index in [1.807, 2.05) is 6.92 Å². The molecule has 0 aromatic carbocycles. The Morgan fingerprint density at radius 1 is 1.50 bits per heavy atom. The summed E-state index contributed by atoms with van der Waals surface area (Å²) in [6.07, 6.45) is -3.21. The van der Waals surface area contributed by atoms with E-state index in [9.17, 15) is 13.2 Å². The monoisotopic (exact) mass is 211 g/mol. The molecule has 0 aliphatic rings. The molecule has 14 heavy (non-hydrogen) atoms. The van der Waals surface area contributed by atoms with E-state index in [1.165, 1.54) is 0 Å². The Balaban J connectivity index is 3.41. The lowest BCUT2D eigenvalue weighted by atomic mass is 10.1. The first-order valence-electron chi connectivity index (χ1n) is 4.35. The first kappa shape index (κ1) is 13.4. The highest BCUT2D eigenvalue weighted by molar-refractivity contribution is 4.91. The van der Waals surface area contributed by atoms with Crippen LogP contribution in [-0.4, -0.2) is 25.4 Å². The molecular weight excluding hydrogens is 195 g/mol. The second kappa shape index (κ2) is 6.03. The molecule has 1 atom stereocenters. The summed E-state index contributed by atoms with van der Waals surface area (Å²) in [5.74, 6) is 0. The lowest BCUT2D eigenvalue weighted by Crippen LogP contribution is -2.24. The van der Waals surface area contributed by atoms with Gasteiger partial charge in [-0.3, -0.25) is 0 Å². The maximum Gasteiger partial charge on any atom is 0.411 e. The second-order valence-electron chi connectivity index (χ2n) is 3.38. The number of ether oxygens (including phenoxy) is 1. The molecule has 0 radical (unpaired) electrons. The van der Waals surface area contributed by atoms with Crippen LogP contribution in [0.5, 0.6) is 0 Å². The van der Waals surface area contributed by atoms with E-state index < -0.39 is 12.8 Å². The highest BCUT2D eigenvalue weighted by Crippen LogP contribution is 2.14. The Kier molecular flexibility index (Phi) is 5.79. The predicted octanol–water partition coefficient (Wildman–Crippen LogP) is 2.25. The van der Waals surface area contributed by atoms with Crippen molar-refractivity contribution in [1.82, 2.24) is 0 Å². The third-order valence-electron chi connectivity index (χ3n) is 1.51. The van der Waals surface area contributed by atoms with Gasteiger partial charge >= 0.3 is 6.18 Å². The minimum atomic E-state index is -4.25. The summed E-state index contributed by atoms with van der Waals surface area (Å²) < 4.78 is 39.3. The average molecular weight is 211 g/mol. The van der Waals surface area contributed by atoms with E-state index >= 15 is 0 Å². The Morgan fingerprint density at radius 2 is 2.07 bits per heavy atom. The first-order chi connectivity index (χ1) is 6.31. The molecule has 0 rings (SSSR count). The van der Waals surface area contributed by atoms with Gasteiger partial charge in [0.05, 0.1) is 0 Å². The van der Waals surface area contributed by atoms with Crippen molar-refractivity contribution < 1.29 is 17.9 Å². The van der Waals surface area contributed by atoms with Gasteiger partial charge in [0, 0.05) is 12.6 Å². The van der Waals surface area contributed by atoms with Gasteiger partial charge in [0.1, 0.15) is 6.61 Å². The molecule has 0 saturated heterocycles. The highest BCUT2D eigenvalue weighted by atomic mass is 19.4. The fraction of sp³-hybridized carbons (Fsp3) is 0.778. The number of nitrogens with two attached hydrogens (primary N) is 1. The molecule has 0 aliphatic heterocycles. The van der Waals surface area contributed by atoms with Crippen molar-refractivity contribution in [3.8, 4) is 0 Å². The van der Waals surface area contributed by atoms with Gasteiger partial charge in [-0.15, -0.1) is 6.58 Å². The van der Waals surface area contributed by atoms with E-state index in [2.05, 4.69) is 11.3 Å². The SMILES string of the molecule is C=C(C)CC(N)CCOCC(F)(F)F. The quantitative estimate of drug-likeness (QED) is 0.540. The third kappa shape index (κ3) is 9.54. The lowest BCUT2D eigenvalue weighted by molar-refractivity contribution is -0.174. The van der Waals surface area contributed by atoms with E-state index in [-0.39, 0.29) is 12.6 Å². The molecule has 0 saturated carbocycles. The highest BCUT2D eigenvalue weighted by Gasteiger charge is 2.27. The molecule has 0 aliphatic carbocycles. The number of halogens is 3. The summed E-state index contributed by atoms with van der Waals surface area (Å²) in [7, 11) is 0. The van der Waals surface area contributed by atoms with Crippen molar-refractivity contribution in [2.45, 2.75) is 32.0 Å². The van der Waals surface area contributed by atoms with Crippen molar-refractivity contribution >= 4 is 0 Å². The summed E-state index contributed by atoms with van der Waals surface area (Å²) in [6, 6.07) is -0.166. The van der Waals surface area contributed by atoms with Crippen LogP contribution in [0.15, 0.2) is 12.2 Å². The fourth-order valence-corrected chi connectivity index (χ4v) is 0.972. The maximum atomic E-state index is 11.6. The Morgan fingerprint density at radius 3 is 2.50 bits per heavy atom. The minimum absolute atomic E-state index is 0.0357. The van der Waals surface area contributed by atoms with Gasteiger partial charge in [0.2, 0.25) is 0 Å². The number of alkyl halides is 3. The molecule has 2 N–H and O–H groups in total. The van der Waals surface area contributed by atoms with Crippen LogP contribution in [-0.2, 0) is 4.74 Å². The molecule has 0 fully saturated rings. The summed E-state index contributed by atoms with van der Waals surface area (Å²) in [6.45, 7) is 4.33. The van der Waals surface area contributed by atoms with Crippen LogP contribution in [0.1, 0.15) is 19.8 Å². The summed E-state index contributed by atoms with van der Waals surface area (Å²) in [4.78, 5) is 0. The van der Waals surface area contributed by atoms with Gasteiger partial charge in [-0.2, -0.15) is 13.2 Å². The van der Waals surface area contributed by atoms with Crippen molar-refractivity contribution in [2.24, 2.45) is 5.73 Å². The molecule has 0 bridgehead atoms. The normalized spacial score (nSPS) is 14.1. The Bertz CT molecular complexity index is 179. The van der Waals surface area contributed by atoms with Crippen LogP contribution >= 0.6 is 0 Å². The van der Waals surface area contributed by atoms with Crippen molar-refractivity contribution in [1.29, 1.82) is 0 Å². The Hall–Kier alpha value is -0.550. The van der Waals surface area contributed by atoms with E-state index in [0.29, 0.717) is 12.8 Å². The van der Waals surface area contributed by atoms with Crippen LogP contribution in [0.4, 0.5) is 13.2 Å². The molecule has 5 heteroatoms. The summed E-state index contributed by atoms with van der Waals surface area (Å²) in [5, 5.41) is 0. The minimum Gasteiger partial charge on any atom is -0.372 e. The molecule has 84 valence electrons. The topological polar surface area (TPSA) is 35.2 Å². The van der Waals surface area contributed by atoms with Crippen molar-refractivity contribution in [3.63, 3.8) is 0 Å². The standard InChI is InChI=1S/C9H16F3NO/c1-7(2)5-8(13)3-4-14-6-9(10,11)12/h8H,1,3-6,13H2,2H3. The van der Waals surface area contributed by atoms with E-state index in [1.54, 1.807) is 0 Å². The summed E-state index contributed by atoms with van der Waals surface area (Å²) >= 11 is 0. The molecule has 0 spiro atoms. The lowest BCUT2D eigenvalue weighted by Gasteiger charge is -2.12. The molecule has 1 unspecified atom stereocenters. The molecule has 0 heterocycles. The van der Waals surface area contributed by atoms with E-state index in [0.717, 1.165) is 5.57 Å². The summed E-state index contributed by atoms with van der Waals surface area (Å²) in [5.41, 5.74) is 6.53. The zero-order valence-electron chi connectivity index (χ0n) is 8.23.